The maximum absolute atomic E-state index is 14.0. The van der Waals surface area contributed by atoms with E-state index in [1.54, 1.807) is 13.0 Å². The number of carboxylic acid groups (broad SMARTS) is 1. The Labute approximate surface area is 114 Å². The number of aryl methyl sites for hydroxylation is 1. The van der Waals surface area contributed by atoms with Crippen molar-refractivity contribution in [3.05, 3.63) is 34.1 Å². The molecule has 1 N–H and O–H groups in total. The molecule has 1 aliphatic rings. The average Bonchev–Trinajstić information content (AvgIpc) is 2.84. The second-order valence-corrected chi connectivity index (χ2v) is 4.93. The van der Waals surface area contributed by atoms with Crippen molar-refractivity contribution in [2.24, 2.45) is 0 Å². The first-order valence-electron chi connectivity index (χ1n) is 5.92. The molecule has 0 spiro atoms. The van der Waals surface area contributed by atoms with Gasteiger partial charge in [0.1, 0.15) is 6.04 Å². The van der Waals surface area contributed by atoms with Gasteiger partial charge in [-0.05, 0) is 31.4 Å². The van der Waals surface area contributed by atoms with E-state index in [0.29, 0.717) is 24.9 Å². The zero-order valence-corrected chi connectivity index (χ0v) is 11.1. The van der Waals surface area contributed by atoms with Crippen LogP contribution in [0.3, 0.4) is 0 Å². The highest BCUT2D eigenvalue weighted by Gasteiger charge is 2.35. The number of hydrogen-bond acceptors (Lipinski definition) is 2. The molecule has 102 valence electrons. The Morgan fingerprint density at radius 2 is 2.16 bits per heavy atom. The van der Waals surface area contributed by atoms with Crippen molar-refractivity contribution < 1.29 is 19.1 Å². The molecule has 1 atom stereocenters. The minimum atomic E-state index is -1.07. The van der Waals surface area contributed by atoms with Gasteiger partial charge in [-0.15, -0.1) is 0 Å². The molecular weight excluding hydrogens is 273 g/mol. The first kappa shape index (κ1) is 13.8. The van der Waals surface area contributed by atoms with Crippen LogP contribution in [0.2, 0.25) is 5.02 Å². The van der Waals surface area contributed by atoms with E-state index in [2.05, 4.69) is 0 Å². The molecule has 0 saturated carbocycles. The summed E-state index contributed by atoms with van der Waals surface area (Å²) in [5.41, 5.74) is 0.357. The summed E-state index contributed by atoms with van der Waals surface area (Å²) in [5, 5.41) is 8.93. The number of rotatable bonds is 2. The molecule has 19 heavy (non-hydrogen) atoms. The van der Waals surface area contributed by atoms with E-state index in [0.717, 1.165) is 0 Å². The third-order valence-electron chi connectivity index (χ3n) is 3.30. The average molecular weight is 286 g/mol. The fourth-order valence-corrected chi connectivity index (χ4v) is 2.40. The smallest absolute Gasteiger partial charge is 0.326 e. The Hall–Kier alpha value is -1.62. The monoisotopic (exact) mass is 285 g/mol. The Morgan fingerprint density at radius 1 is 1.47 bits per heavy atom. The number of hydrogen-bond donors (Lipinski definition) is 1. The highest BCUT2D eigenvalue weighted by molar-refractivity contribution is 6.31. The molecule has 1 aliphatic heterocycles. The number of aliphatic carboxylic acids is 1. The minimum absolute atomic E-state index is 0.100. The van der Waals surface area contributed by atoms with Gasteiger partial charge in [0.15, 0.2) is 5.82 Å². The standard InChI is InChI=1S/C13H13ClFNO3/c1-7-4-5-8(11(15)10(7)14)12(17)16-6-2-3-9(16)13(18)19/h4-5,9H,2-3,6H2,1H3,(H,18,19). The summed E-state index contributed by atoms with van der Waals surface area (Å²) >= 11 is 5.77. The summed E-state index contributed by atoms with van der Waals surface area (Å²) < 4.78 is 14.0. The number of carbonyl (C=O) groups excluding carboxylic acids is 1. The molecule has 0 bridgehead atoms. The van der Waals surface area contributed by atoms with Gasteiger partial charge in [-0.2, -0.15) is 0 Å². The molecule has 0 radical (unpaired) electrons. The Morgan fingerprint density at radius 3 is 2.79 bits per heavy atom. The van der Waals surface area contributed by atoms with Crippen LogP contribution in [0.1, 0.15) is 28.8 Å². The number of nitrogens with zero attached hydrogens (tertiary/aromatic N) is 1. The molecule has 0 aliphatic carbocycles. The molecule has 1 heterocycles. The van der Waals surface area contributed by atoms with E-state index in [-0.39, 0.29) is 10.6 Å². The quantitative estimate of drug-likeness (QED) is 0.908. The van der Waals surface area contributed by atoms with Crippen LogP contribution < -0.4 is 0 Å². The fourth-order valence-electron chi connectivity index (χ4n) is 2.23. The van der Waals surface area contributed by atoms with Gasteiger partial charge in [-0.25, -0.2) is 9.18 Å². The molecule has 1 fully saturated rings. The Kier molecular flexibility index (Phi) is 3.75. The van der Waals surface area contributed by atoms with Crippen molar-refractivity contribution in [1.29, 1.82) is 0 Å². The van der Waals surface area contributed by atoms with Crippen LogP contribution in [0.25, 0.3) is 0 Å². The lowest BCUT2D eigenvalue weighted by Gasteiger charge is -2.22. The van der Waals surface area contributed by atoms with E-state index in [1.165, 1.54) is 11.0 Å². The van der Waals surface area contributed by atoms with Gasteiger partial charge in [0.25, 0.3) is 5.91 Å². The maximum Gasteiger partial charge on any atom is 0.326 e. The second kappa shape index (κ2) is 5.17. The predicted molar refractivity (Wildman–Crippen MR) is 67.8 cm³/mol. The van der Waals surface area contributed by atoms with Gasteiger partial charge in [0.05, 0.1) is 10.6 Å². The van der Waals surface area contributed by atoms with Gasteiger partial charge < -0.3 is 10.0 Å². The molecular formula is C13H13ClFNO3. The van der Waals surface area contributed by atoms with Gasteiger partial charge >= 0.3 is 5.97 Å². The minimum Gasteiger partial charge on any atom is -0.480 e. The summed E-state index contributed by atoms with van der Waals surface area (Å²) in [6.45, 7) is 1.95. The lowest BCUT2D eigenvalue weighted by molar-refractivity contribution is -0.141. The third kappa shape index (κ3) is 2.42. The number of carboxylic acids is 1. The van der Waals surface area contributed by atoms with Crippen molar-refractivity contribution in [3.63, 3.8) is 0 Å². The molecule has 1 amide bonds. The number of carbonyl (C=O) groups is 2. The van der Waals surface area contributed by atoms with E-state index < -0.39 is 23.7 Å². The van der Waals surface area contributed by atoms with E-state index in [4.69, 9.17) is 16.7 Å². The summed E-state index contributed by atoms with van der Waals surface area (Å²) in [4.78, 5) is 24.4. The molecule has 2 rings (SSSR count). The molecule has 1 saturated heterocycles. The van der Waals surface area contributed by atoms with Crippen molar-refractivity contribution in [3.8, 4) is 0 Å². The largest absolute Gasteiger partial charge is 0.480 e. The highest BCUT2D eigenvalue weighted by atomic mass is 35.5. The van der Waals surface area contributed by atoms with Crippen LogP contribution in [0.5, 0.6) is 0 Å². The lowest BCUT2D eigenvalue weighted by atomic mass is 10.1. The van der Waals surface area contributed by atoms with Crippen LogP contribution in [0.15, 0.2) is 12.1 Å². The molecule has 1 aromatic carbocycles. The van der Waals surface area contributed by atoms with Crippen molar-refractivity contribution >= 4 is 23.5 Å². The fraction of sp³-hybridized carbons (Fsp3) is 0.385. The summed E-state index contributed by atoms with van der Waals surface area (Å²) in [6.07, 6.45) is 0.992. The first-order chi connectivity index (χ1) is 8.93. The normalized spacial score (nSPS) is 18.7. The summed E-state index contributed by atoms with van der Waals surface area (Å²) in [7, 11) is 0. The number of benzene rings is 1. The van der Waals surface area contributed by atoms with Crippen molar-refractivity contribution in [1.82, 2.24) is 4.90 Å². The maximum atomic E-state index is 14.0. The van der Waals surface area contributed by atoms with Crippen LogP contribution in [0, 0.1) is 12.7 Å². The highest BCUT2D eigenvalue weighted by Crippen LogP contribution is 2.26. The summed E-state index contributed by atoms with van der Waals surface area (Å²) in [6, 6.07) is 2.01. The van der Waals surface area contributed by atoms with Crippen molar-refractivity contribution in [2.75, 3.05) is 6.54 Å². The van der Waals surface area contributed by atoms with Crippen LogP contribution in [-0.2, 0) is 4.79 Å². The van der Waals surface area contributed by atoms with E-state index in [1.807, 2.05) is 0 Å². The number of halogens is 2. The molecule has 1 aromatic rings. The SMILES string of the molecule is Cc1ccc(C(=O)N2CCCC2C(=O)O)c(F)c1Cl. The van der Waals surface area contributed by atoms with Gasteiger partial charge in [0, 0.05) is 6.54 Å². The summed E-state index contributed by atoms with van der Waals surface area (Å²) in [5.74, 6) is -2.48. The van der Waals surface area contributed by atoms with Crippen LogP contribution in [-0.4, -0.2) is 34.5 Å². The molecule has 6 heteroatoms. The van der Waals surface area contributed by atoms with Gasteiger partial charge in [-0.3, -0.25) is 4.79 Å². The first-order valence-corrected chi connectivity index (χ1v) is 6.29. The van der Waals surface area contributed by atoms with E-state index in [9.17, 15) is 14.0 Å². The lowest BCUT2D eigenvalue weighted by Crippen LogP contribution is -2.40. The number of likely N-dealkylation sites (tertiary alicyclic amines) is 1. The van der Waals surface area contributed by atoms with E-state index >= 15 is 0 Å². The Balaban J connectivity index is 2.35. The molecule has 1 unspecified atom stereocenters. The van der Waals surface area contributed by atoms with Crippen LogP contribution >= 0.6 is 11.6 Å². The van der Waals surface area contributed by atoms with Gasteiger partial charge in [-0.1, -0.05) is 17.7 Å². The second-order valence-electron chi connectivity index (χ2n) is 4.55. The molecule has 4 nitrogen and oxygen atoms in total. The number of amides is 1. The van der Waals surface area contributed by atoms with Crippen LogP contribution in [0.4, 0.5) is 4.39 Å². The zero-order chi connectivity index (χ0) is 14.2. The Bertz CT molecular complexity index is 547. The third-order valence-corrected chi connectivity index (χ3v) is 3.77. The zero-order valence-electron chi connectivity index (χ0n) is 10.3. The topological polar surface area (TPSA) is 57.6 Å². The predicted octanol–water partition coefficient (Wildman–Crippen LogP) is 2.48. The van der Waals surface area contributed by atoms with Gasteiger partial charge in [0.2, 0.25) is 0 Å². The molecule has 0 aromatic heterocycles. The van der Waals surface area contributed by atoms with Crippen molar-refractivity contribution in [2.45, 2.75) is 25.8 Å².